The third kappa shape index (κ3) is 4.23. The van der Waals surface area contributed by atoms with Gasteiger partial charge in [-0.1, -0.05) is 18.2 Å². The lowest BCUT2D eigenvalue weighted by molar-refractivity contribution is 0.461. The monoisotopic (exact) mass is 338 g/mol. The van der Waals surface area contributed by atoms with Gasteiger partial charge in [-0.25, -0.2) is 12.7 Å². The molecule has 0 amide bonds. The number of nitrogens with one attached hydrogen (secondary N) is 1. The maximum absolute atomic E-state index is 11.7. The van der Waals surface area contributed by atoms with Crippen molar-refractivity contribution in [1.29, 1.82) is 0 Å². The van der Waals surface area contributed by atoms with Crippen LogP contribution in [0.25, 0.3) is 0 Å². The van der Waals surface area contributed by atoms with E-state index in [1.807, 2.05) is 6.07 Å². The Labute approximate surface area is 139 Å². The van der Waals surface area contributed by atoms with E-state index in [1.54, 1.807) is 21.0 Å². The van der Waals surface area contributed by atoms with Gasteiger partial charge in [0, 0.05) is 39.4 Å². The highest BCUT2D eigenvalue weighted by atomic mass is 32.2. The van der Waals surface area contributed by atoms with E-state index in [-0.39, 0.29) is 5.75 Å². The Kier molecular flexibility index (Phi) is 6.01. The standard InChI is InChI=1S/C16H26N4O2S/c1-4-23(21,22)19(3)12-7-11-18-16(17-2)20-13-10-14-8-5-6-9-15(14)20/h5-6,8-9H,4,7,10-13H2,1-3H3,(H,17,18). The van der Waals surface area contributed by atoms with Crippen molar-refractivity contribution in [2.75, 3.05) is 44.4 Å². The predicted molar refractivity (Wildman–Crippen MR) is 95.6 cm³/mol. The Morgan fingerprint density at radius 2 is 2.13 bits per heavy atom. The van der Waals surface area contributed by atoms with Crippen LogP contribution in [0.2, 0.25) is 0 Å². The molecule has 6 nitrogen and oxygen atoms in total. The molecule has 0 aliphatic carbocycles. The molecule has 0 saturated carbocycles. The quantitative estimate of drug-likeness (QED) is 0.482. The van der Waals surface area contributed by atoms with E-state index in [9.17, 15) is 8.42 Å². The van der Waals surface area contributed by atoms with Crippen molar-refractivity contribution in [2.45, 2.75) is 19.8 Å². The van der Waals surface area contributed by atoms with E-state index in [4.69, 9.17) is 0 Å². The van der Waals surface area contributed by atoms with Crippen LogP contribution >= 0.6 is 0 Å². The third-order valence-corrected chi connectivity index (χ3v) is 5.99. The van der Waals surface area contributed by atoms with Gasteiger partial charge in [0.1, 0.15) is 0 Å². The number of para-hydroxylation sites is 1. The van der Waals surface area contributed by atoms with E-state index in [2.05, 4.69) is 33.4 Å². The van der Waals surface area contributed by atoms with Gasteiger partial charge in [0.25, 0.3) is 0 Å². The first-order valence-corrected chi connectivity index (χ1v) is 9.60. The Hall–Kier alpha value is -1.60. The zero-order valence-corrected chi connectivity index (χ0v) is 14.9. The molecule has 0 aromatic heterocycles. The number of hydrogen-bond donors (Lipinski definition) is 1. The lowest BCUT2D eigenvalue weighted by atomic mass is 10.2. The van der Waals surface area contributed by atoms with Gasteiger partial charge >= 0.3 is 0 Å². The molecule has 1 aliphatic rings. The lowest BCUT2D eigenvalue weighted by Gasteiger charge is -2.23. The molecule has 0 unspecified atom stereocenters. The van der Waals surface area contributed by atoms with Crippen LogP contribution in [0, 0.1) is 0 Å². The van der Waals surface area contributed by atoms with Crippen molar-refractivity contribution < 1.29 is 8.42 Å². The average molecular weight is 338 g/mol. The maximum Gasteiger partial charge on any atom is 0.213 e. The van der Waals surface area contributed by atoms with Gasteiger partial charge < -0.3 is 10.2 Å². The van der Waals surface area contributed by atoms with Crippen LogP contribution in [0.5, 0.6) is 0 Å². The second-order valence-corrected chi connectivity index (χ2v) is 7.94. The van der Waals surface area contributed by atoms with Gasteiger partial charge in [-0.2, -0.15) is 0 Å². The molecule has 7 heteroatoms. The number of fused-ring (bicyclic) bond motifs is 1. The number of hydrogen-bond acceptors (Lipinski definition) is 3. The first-order valence-electron chi connectivity index (χ1n) is 7.99. The highest BCUT2D eigenvalue weighted by Crippen LogP contribution is 2.27. The van der Waals surface area contributed by atoms with Gasteiger partial charge in [-0.3, -0.25) is 4.99 Å². The molecule has 1 aromatic rings. The second-order valence-electron chi connectivity index (χ2n) is 5.58. The summed E-state index contributed by atoms with van der Waals surface area (Å²) >= 11 is 0. The minimum absolute atomic E-state index is 0.142. The summed E-state index contributed by atoms with van der Waals surface area (Å²) in [6, 6.07) is 8.35. The summed E-state index contributed by atoms with van der Waals surface area (Å²) in [5.41, 5.74) is 2.54. The lowest BCUT2D eigenvalue weighted by Crippen LogP contribution is -2.41. The van der Waals surface area contributed by atoms with Gasteiger partial charge in [-0.15, -0.1) is 0 Å². The third-order valence-electron chi connectivity index (χ3n) is 4.13. The molecule has 0 bridgehead atoms. The Balaban J connectivity index is 1.86. The van der Waals surface area contributed by atoms with Crippen molar-refractivity contribution in [3.8, 4) is 0 Å². The molecule has 1 aliphatic heterocycles. The molecule has 1 aromatic carbocycles. The molecule has 23 heavy (non-hydrogen) atoms. The summed E-state index contributed by atoms with van der Waals surface area (Å²) in [6.07, 6.45) is 1.76. The van der Waals surface area contributed by atoms with E-state index in [0.717, 1.165) is 25.3 Å². The first-order chi connectivity index (χ1) is 11.0. The fraction of sp³-hybridized carbons (Fsp3) is 0.562. The van der Waals surface area contributed by atoms with Crippen molar-refractivity contribution >= 4 is 21.7 Å². The summed E-state index contributed by atoms with van der Waals surface area (Å²) in [6.45, 7) is 3.78. The highest BCUT2D eigenvalue weighted by molar-refractivity contribution is 7.89. The number of sulfonamides is 1. The smallest absolute Gasteiger partial charge is 0.213 e. The van der Waals surface area contributed by atoms with Gasteiger partial charge in [0.15, 0.2) is 5.96 Å². The zero-order chi connectivity index (χ0) is 16.9. The second kappa shape index (κ2) is 7.79. The molecule has 128 valence electrons. The summed E-state index contributed by atoms with van der Waals surface area (Å²) in [5.74, 6) is 0.985. The Morgan fingerprint density at radius 1 is 1.39 bits per heavy atom. The van der Waals surface area contributed by atoms with Crippen LogP contribution in [-0.4, -0.2) is 58.2 Å². The molecule has 0 atom stereocenters. The van der Waals surface area contributed by atoms with Crippen molar-refractivity contribution in [3.05, 3.63) is 29.8 Å². The van der Waals surface area contributed by atoms with Crippen LogP contribution in [0.3, 0.4) is 0 Å². The first kappa shape index (κ1) is 17.7. The molecular formula is C16H26N4O2S. The molecule has 0 spiro atoms. The van der Waals surface area contributed by atoms with Crippen LogP contribution in [0.15, 0.2) is 29.3 Å². The van der Waals surface area contributed by atoms with E-state index < -0.39 is 10.0 Å². The van der Waals surface area contributed by atoms with Gasteiger partial charge in [-0.05, 0) is 31.4 Å². The van der Waals surface area contributed by atoms with Crippen LogP contribution in [0.4, 0.5) is 5.69 Å². The number of rotatable bonds is 6. The molecule has 0 fully saturated rings. The number of benzene rings is 1. The van der Waals surface area contributed by atoms with Crippen LogP contribution < -0.4 is 10.2 Å². The van der Waals surface area contributed by atoms with Crippen LogP contribution in [0.1, 0.15) is 18.9 Å². The van der Waals surface area contributed by atoms with Crippen molar-refractivity contribution in [1.82, 2.24) is 9.62 Å². The number of nitrogens with zero attached hydrogens (tertiary/aromatic N) is 3. The maximum atomic E-state index is 11.7. The van der Waals surface area contributed by atoms with E-state index in [1.165, 1.54) is 15.6 Å². The number of anilines is 1. The molecule has 1 heterocycles. The van der Waals surface area contributed by atoms with E-state index >= 15 is 0 Å². The Morgan fingerprint density at radius 3 is 2.83 bits per heavy atom. The van der Waals surface area contributed by atoms with E-state index in [0.29, 0.717) is 13.1 Å². The van der Waals surface area contributed by atoms with Crippen molar-refractivity contribution in [3.63, 3.8) is 0 Å². The van der Waals surface area contributed by atoms with Crippen molar-refractivity contribution in [2.24, 2.45) is 4.99 Å². The van der Waals surface area contributed by atoms with Crippen LogP contribution in [-0.2, 0) is 16.4 Å². The predicted octanol–water partition coefficient (Wildman–Crippen LogP) is 1.30. The zero-order valence-electron chi connectivity index (χ0n) is 14.1. The minimum Gasteiger partial charge on any atom is -0.356 e. The minimum atomic E-state index is -3.10. The largest absolute Gasteiger partial charge is 0.356 e. The van der Waals surface area contributed by atoms with Gasteiger partial charge in [0.2, 0.25) is 10.0 Å². The molecule has 2 rings (SSSR count). The molecule has 1 N–H and O–H groups in total. The fourth-order valence-electron chi connectivity index (χ4n) is 2.71. The summed E-state index contributed by atoms with van der Waals surface area (Å²) in [5, 5.41) is 3.33. The number of guanidine groups is 1. The summed E-state index contributed by atoms with van der Waals surface area (Å²) in [4.78, 5) is 6.53. The fourth-order valence-corrected chi connectivity index (χ4v) is 3.56. The SMILES string of the molecule is CCS(=O)(=O)N(C)CCCNC(=NC)N1CCc2ccccc21. The normalized spacial score (nSPS) is 15.1. The molecule has 0 saturated heterocycles. The number of aliphatic imine (C=N–C) groups is 1. The summed E-state index contributed by atoms with van der Waals surface area (Å²) in [7, 11) is 0.309. The highest BCUT2D eigenvalue weighted by Gasteiger charge is 2.22. The molecule has 0 radical (unpaired) electrons. The summed E-state index contributed by atoms with van der Waals surface area (Å²) < 4.78 is 24.8. The average Bonchev–Trinajstić information content (AvgIpc) is 2.98. The Bertz CT molecular complexity index is 658. The van der Waals surface area contributed by atoms with Gasteiger partial charge in [0.05, 0.1) is 5.75 Å². The topological polar surface area (TPSA) is 65.0 Å². The molecular weight excluding hydrogens is 312 g/mol.